The fourth-order valence-corrected chi connectivity index (χ4v) is 2.32. The number of rotatable bonds is 8. The van der Waals surface area contributed by atoms with Crippen molar-refractivity contribution in [1.82, 2.24) is 10.2 Å². The first-order chi connectivity index (χ1) is 9.38. The van der Waals surface area contributed by atoms with Crippen LogP contribution in [-0.2, 0) is 13.1 Å². The monoisotopic (exact) mass is 276 g/mol. The Labute approximate surface area is 125 Å². The minimum absolute atomic E-state index is 0.534. The highest BCUT2D eigenvalue weighted by Gasteiger charge is 2.12. The molecule has 0 aliphatic rings. The zero-order valence-electron chi connectivity index (χ0n) is 14.1. The molecule has 0 unspecified atom stereocenters. The second kappa shape index (κ2) is 8.43. The molecule has 0 aliphatic carbocycles. The number of hydrogen-bond donors (Lipinski definition) is 1. The molecule has 0 heterocycles. The molecule has 0 atom stereocenters. The molecule has 0 radical (unpaired) electrons. The van der Waals surface area contributed by atoms with Crippen LogP contribution in [0.4, 0.5) is 0 Å². The predicted octanol–water partition coefficient (Wildman–Crippen LogP) is 4.05. The largest absolute Gasteiger partial charge is 0.310 e. The van der Waals surface area contributed by atoms with Gasteiger partial charge in [0, 0.05) is 31.7 Å². The van der Waals surface area contributed by atoms with Crippen LogP contribution < -0.4 is 5.32 Å². The number of benzene rings is 1. The highest BCUT2D eigenvalue weighted by atomic mass is 15.1. The lowest BCUT2D eigenvalue weighted by atomic mass is 10.1. The van der Waals surface area contributed by atoms with Crippen LogP contribution in [0, 0.1) is 5.92 Å². The predicted molar refractivity (Wildman–Crippen MR) is 88.8 cm³/mol. The maximum atomic E-state index is 3.48. The van der Waals surface area contributed by atoms with Crippen molar-refractivity contribution in [3.8, 4) is 0 Å². The first kappa shape index (κ1) is 17.2. The summed E-state index contributed by atoms with van der Waals surface area (Å²) >= 11 is 0. The van der Waals surface area contributed by atoms with Crippen molar-refractivity contribution in [3.05, 3.63) is 35.4 Å². The molecule has 0 amide bonds. The maximum absolute atomic E-state index is 3.48. The van der Waals surface area contributed by atoms with E-state index in [1.54, 1.807) is 0 Å². The van der Waals surface area contributed by atoms with Crippen LogP contribution in [0.15, 0.2) is 24.3 Å². The van der Waals surface area contributed by atoms with E-state index in [0.717, 1.165) is 19.6 Å². The van der Waals surface area contributed by atoms with Gasteiger partial charge in [-0.15, -0.1) is 0 Å². The second-order valence-corrected chi connectivity index (χ2v) is 6.77. The Morgan fingerprint density at radius 2 is 1.65 bits per heavy atom. The summed E-state index contributed by atoms with van der Waals surface area (Å²) in [4.78, 5) is 2.56. The molecule has 114 valence electrons. The lowest BCUT2D eigenvalue weighted by Crippen LogP contribution is -2.33. The van der Waals surface area contributed by atoms with Crippen LogP contribution >= 0.6 is 0 Å². The fourth-order valence-electron chi connectivity index (χ4n) is 2.32. The van der Waals surface area contributed by atoms with E-state index in [4.69, 9.17) is 0 Å². The Bertz CT molecular complexity index is 383. The van der Waals surface area contributed by atoms with Gasteiger partial charge in [-0.05, 0) is 30.9 Å². The van der Waals surface area contributed by atoms with Crippen molar-refractivity contribution in [2.24, 2.45) is 5.92 Å². The van der Waals surface area contributed by atoms with Gasteiger partial charge in [0.05, 0.1) is 0 Å². The van der Waals surface area contributed by atoms with Crippen LogP contribution in [0.5, 0.6) is 0 Å². The lowest BCUT2D eigenvalue weighted by molar-refractivity contribution is 0.189. The Morgan fingerprint density at radius 3 is 2.20 bits per heavy atom. The van der Waals surface area contributed by atoms with E-state index in [9.17, 15) is 0 Å². The molecule has 0 spiro atoms. The molecule has 0 aliphatic heterocycles. The minimum atomic E-state index is 0.534. The van der Waals surface area contributed by atoms with E-state index in [0.29, 0.717) is 18.0 Å². The van der Waals surface area contributed by atoms with Crippen LogP contribution in [0.1, 0.15) is 52.7 Å². The summed E-state index contributed by atoms with van der Waals surface area (Å²) < 4.78 is 0. The average Bonchev–Trinajstić information content (AvgIpc) is 2.35. The van der Waals surface area contributed by atoms with Gasteiger partial charge in [0.1, 0.15) is 0 Å². The zero-order valence-corrected chi connectivity index (χ0v) is 14.1. The topological polar surface area (TPSA) is 15.3 Å². The third-order valence-electron chi connectivity index (χ3n) is 3.42. The molecule has 0 saturated carbocycles. The van der Waals surface area contributed by atoms with E-state index in [1.165, 1.54) is 11.1 Å². The van der Waals surface area contributed by atoms with Crippen LogP contribution in [0.25, 0.3) is 0 Å². The third kappa shape index (κ3) is 6.53. The number of nitrogens with one attached hydrogen (secondary N) is 1. The van der Waals surface area contributed by atoms with Gasteiger partial charge in [-0.2, -0.15) is 0 Å². The molecular weight excluding hydrogens is 244 g/mol. The van der Waals surface area contributed by atoms with Crippen molar-refractivity contribution in [2.75, 3.05) is 6.54 Å². The van der Waals surface area contributed by atoms with E-state index < -0.39 is 0 Å². The van der Waals surface area contributed by atoms with E-state index in [-0.39, 0.29) is 0 Å². The Morgan fingerprint density at radius 1 is 1.00 bits per heavy atom. The van der Waals surface area contributed by atoms with Gasteiger partial charge in [-0.25, -0.2) is 0 Å². The van der Waals surface area contributed by atoms with E-state index in [2.05, 4.69) is 76.0 Å². The van der Waals surface area contributed by atoms with Gasteiger partial charge in [0.2, 0.25) is 0 Å². The molecule has 20 heavy (non-hydrogen) atoms. The normalized spacial score (nSPS) is 12.1. The Balaban J connectivity index is 2.67. The molecule has 0 bridgehead atoms. The molecule has 1 rings (SSSR count). The van der Waals surface area contributed by atoms with Gasteiger partial charge in [-0.1, -0.05) is 52.0 Å². The number of hydrogen-bond acceptors (Lipinski definition) is 2. The van der Waals surface area contributed by atoms with Crippen molar-refractivity contribution < 1.29 is 0 Å². The van der Waals surface area contributed by atoms with Gasteiger partial charge in [0.15, 0.2) is 0 Å². The van der Waals surface area contributed by atoms with E-state index >= 15 is 0 Å². The van der Waals surface area contributed by atoms with Gasteiger partial charge >= 0.3 is 0 Å². The van der Waals surface area contributed by atoms with Gasteiger partial charge < -0.3 is 5.32 Å². The Kier molecular flexibility index (Phi) is 7.25. The van der Waals surface area contributed by atoms with Crippen molar-refractivity contribution in [1.29, 1.82) is 0 Å². The first-order valence-corrected chi connectivity index (χ1v) is 7.93. The summed E-state index contributed by atoms with van der Waals surface area (Å²) in [5, 5.41) is 3.48. The highest BCUT2D eigenvalue weighted by molar-refractivity contribution is 5.23. The lowest BCUT2D eigenvalue weighted by Gasteiger charge is -2.28. The Hall–Kier alpha value is -0.860. The van der Waals surface area contributed by atoms with Gasteiger partial charge in [0.25, 0.3) is 0 Å². The third-order valence-corrected chi connectivity index (χ3v) is 3.42. The summed E-state index contributed by atoms with van der Waals surface area (Å²) in [6.45, 7) is 16.7. The molecule has 2 nitrogen and oxygen atoms in total. The smallest absolute Gasteiger partial charge is 0.0236 e. The van der Waals surface area contributed by atoms with Crippen molar-refractivity contribution in [3.63, 3.8) is 0 Å². The quantitative estimate of drug-likeness (QED) is 0.770. The zero-order chi connectivity index (χ0) is 15.1. The molecule has 0 fully saturated rings. The standard InChI is InChI=1S/C18H32N2/c1-14(2)12-20(16(5)6)13-18-9-7-8-17(10-18)11-19-15(3)4/h7-10,14-16,19H,11-13H2,1-6H3. The highest BCUT2D eigenvalue weighted by Crippen LogP contribution is 2.13. The summed E-state index contributed by atoms with van der Waals surface area (Å²) in [6.07, 6.45) is 0. The molecule has 2 heteroatoms. The molecule has 0 aromatic heterocycles. The van der Waals surface area contributed by atoms with Crippen molar-refractivity contribution in [2.45, 2.75) is 66.7 Å². The minimum Gasteiger partial charge on any atom is -0.310 e. The maximum Gasteiger partial charge on any atom is 0.0236 e. The summed E-state index contributed by atoms with van der Waals surface area (Å²) in [6, 6.07) is 10.1. The molecule has 0 saturated heterocycles. The summed E-state index contributed by atoms with van der Waals surface area (Å²) in [7, 11) is 0. The van der Waals surface area contributed by atoms with Crippen LogP contribution in [0.2, 0.25) is 0 Å². The fraction of sp³-hybridized carbons (Fsp3) is 0.667. The second-order valence-electron chi connectivity index (χ2n) is 6.77. The van der Waals surface area contributed by atoms with E-state index in [1.807, 2.05) is 0 Å². The van der Waals surface area contributed by atoms with Crippen molar-refractivity contribution >= 4 is 0 Å². The van der Waals surface area contributed by atoms with Gasteiger partial charge in [-0.3, -0.25) is 4.90 Å². The average molecular weight is 276 g/mol. The molecular formula is C18H32N2. The first-order valence-electron chi connectivity index (χ1n) is 7.93. The number of nitrogens with zero attached hydrogens (tertiary/aromatic N) is 1. The van der Waals surface area contributed by atoms with Crippen LogP contribution in [-0.4, -0.2) is 23.5 Å². The molecule has 1 aromatic carbocycles. The SMILES string of the molecule is CC(C)CN(Cc1cccc(CNC(C)C)c1)C(C)C. The molecule has 1 aromatic rings. The molecule has 1 N–H and O–H groups in total. The van der Waals surface area contributed by atoms with Crippen LogP contribution in [0.3, 0.4) is 0 Å². The summed E-state index contributed by atoms with van der Waals surface area (Å²) in [5.74, 6) is 0.711. The summed E-state index contributed by atoms with van der Waals surface area (Å²) in [5.41, 5.74) is 2.80.